The van der Waals surface area contributed by atoms with Gasteiger partial charge in [-0.2, -0.15) is 11.8 Å². The van der Waals surface area contributed by atoms with Crippen LogP contribution in [0.1, 0.15) is 54.9 Å². The summed E-state index contributed by atoms with van der Waals surface area (Å²) in [6.07, 6.45) is -0.922. The lowest BCUT2D eigenvalue weighted by Crippen LogP contribution is -2.35. The van der Waals surface area contributed by atoms with Crippen molar-refractivity contribution >= 4 is 23.6 Å². The SMILES string of the molecule is CC(=O)OC(C)C(=O)NCc1ccc(C2OC(CSCCO)CC(c3ccc(CO)cc3)O2)cc1. The van der Waals surface area contributed by atoms with Crippen molar-refractivity contribution in [2.45, 2.75) is 58.0 Å². The first-order chi connectivity index (χ1) is 16.9. The quantitative estimate of drug-likeness (QED) is 0.317. The predicted octanol–water partition coefficient (Wildman–Crippen LogP) is 3.02. The van der Waals surface area contributed by atoms with E-state index in [-0.39, 0.29) is 31.3 Å². The van der Waals surface area contributed by atoms with Gasteiger partial charge in [0, 0.05) is 37.0 Å². The van der Waals surface area contributed by atoms with Crippen molar-refractivity contribution in [1.82, 2.24) is 5.32 Å². The molecule has 1 fully saturated rings. The molecule has 0 radical (unpaired) electrons. The van der Waals surface area contributed by atoms with E-state index in [1.807, 2.05) is 48.5 Å². The number of aliphatic hydroxyl groups excluding tert-OH is 2. The number of ether oxygens (including phenoxy) is 3. The van der Waals surface area contributed by atoms with Crippen molar-refractivity contribution in [3.05, 3.63) is 70.8 Å². The lowest BCUT2D eigenvalue weighted by atomic mass is 10.0. The number of aliphatic hydroxyl groups is 2. The summed E-state index contributed by atoms with van der Waals surface area (Å²) in [5.41, 5.74) is 3.62. The molecule has 1 amide bonds. The Labute approximate surface area is 210 Å². The van der Waals surface area contributed by atoms with Gasteiger partial charge in [-0.25, -0.2) is 0 Å². The van der Waals surface area contributed by atoms with Crippen LogP contribution in [0.15, 0.2) is 48.5 Å². The maximum Gasteiger partial charge on any atom is 0.303 e. The standard InChI is InChI=1S/C26H33NO7S/c1-17(32-18(2)30)25(31)27-14-19-3-9-22(10-4-19)26-33-23(16-35-12-11-28)13-24(34-26)21-7-5-20(15-29)6-8-21/h3-10,17,23-24,26,28-29H,11-16H2,1-2H3,(H,27,31). The Bertz CT molecular complexity index is 951. The highest BCUT2D eigenvalue weighted by atomic mass is 32.2. The van der Waals surface area contributed by atoms with E-state index in [4.69, 9.17) is 19.3 Å². The second-order valence-electron chi connectivity index (χ2n) is 8.36. The van der Waals surface area contributed by atoms with Crippen molar-refractivity contribution < 1.29 is 34.0 Å². The van der Waals surface area contributed by atoms with Crippen LogP contribution in [0.2, 0.25) is 0 Å². The summed E-state index contributed by atoms with van der Waals surface area (Å²) in [6, 6.07) is 15.3. The molecular weight excluding hydrogens is 470 g/mol. The number of esters is 1. The summed E-state index contributed by atoms with van der Waals surface area (Å²) in [4.78, 5) is 23.1. The Hall–Kier alpha value is -2.43. The van der Waals surface area contributed by atoms with Crippen LogP contribution in [0.5, 0.6) is 0 Å². The summed E-state index contributed by atoms with van der Waals surface area (Å²) in [5.74, 6) is 0.537. The first kappa shape index (κ1) is 27.2. The first-order valence-corrected chi connectivity index (χ1v) is 12.8. The smallest absolute Gasteiger partial charge is 0.303 e. The van der Waals surface area contributed by atoms with Crippen LogP contribution in [-0.4, -0.2) is 52.4 Å². The fraction of sp³-hybridized carbons (Fsp3) is 0.462. The molecule has 8 nitrogen and oxygen atoms in total. The van der Waals surface area contributed by atoms with Crippen molar-refractivity contribution in [2.75, 3.05) is 18.1 Å². The van der Waals surface area contributed by atoms with E-state index in [1.165, 1.54) is 13.8 Å². The molecule has 4 unspecified atom stereocenters. The van der Waals surface area contributed by atoms with Gasteiger partial charge in [-0.1, -0.05) is 48.5 Å². The van der Waals surface area contributed by atoms with E-state index in [9.17, 15) is 14.7 Å². The van der Waals surface area contributed by atoms with Crippen molar-refractivity contribution in [3.8, 4) is 0 Å². The third-order valence-corrected chi connectivity index (χ3v) is 6.66. The Kier molecular flexibility index (Phi) is 10.6. The summed E-state index contributed by atoms with van der Waals surface area (Å²) >= 11 is 1.64. The van der Waals surface area contributed by atoms with E-state index in [0.717, 1.165) is 28.0 Å². The average molecular weight is 504 g/mol. The molecule has 1 aliphatic rings. The molecule has 1 heterocycles. The van der Waals surface area contributed by atoms with Gasteiger partial charge in [-0.05, 0) is 23.6 Å². The van der Waals surface area contributed by atoms with Gasteiger partial charge >= 0.3 is 5.97 Å². The minimum absolute atomic E-state index is 0.00652. The third-order valence-electron chi connectivity index (χ3n) is 5.58. The number of rotatable bonds is 11. The highest BCUT2D eigenvalue weighted by Gasteiger charge is 2.32. The summed E-state index contributed by atoms with van der Waals surface area (Å²) in [6.45, 7) is 3.22. The van der Waals surface area contributed by atoms with Crippen LogP contribution in [0.25, 0.3) is 0 Å². The average Bonchev–Trinajstić information content (AvgIpc) is 2.87. The molecule has 3 rings (SSSR count). The van der Waals surface area contributed by atoms with E-state index in [2.05, 4.69) is 5.32 Å². The zero-order valence-corrected chi connectivity index (χ0v) is 20.8. The summed E-state index contributed by atoms with van der Waals surface area (Å²) < 4.78 is 17.4. The lowest BCUT2D eigenvalue weighted by molar-refractivity contribution is -0.245. The van der Waals surface area contributed by atoms with Gasteiger partial charge in [0.2, 0.25) is 0 Å². The van der Waals surface area contributed by atoms with Gasteiger partial charge in [0.25, 0.3) is 5.91 Å². The second kappa shape index (κ2) is 13.6. The molecule has 190 valence electrons. The van der Waals surface area contributed by atoms with Crippen LogP contribution >= 0.6 is 11.8 Å². The molecule has 0 spiro atoms. The van der Waals surface area contributed by atoms with Crippen LogP contribution < -0.4 is 5.32 Å². The molecule has 0 saturated carbocycles. The number of thioether (sulfide) groups is 1. The Morgan fingerprint density at radius 2 is 1.71 bits per heavy atom. The lowest BCUT2D eigenvalue weighted by Gasteiger charge is -2.36. The number of nitrogens with one attached hydrogen (secondary N) is 1. The van der Waals surface area contributed by atoms with E-state index in [1.54, 1.807) is 11.8 Å². The fourth-order valence-corrected chi connectivity index (χ4v) is 4.50. The van der Waals surface area contributed by atoms with E-state index >= 15 is 0 Å². The third kappa shape index (κ3) is 8.33. The minimum atomic E-state index is -0.847. The fourth-order valence-electron chi connectivity index (χ4n) is 3.73. The Morgan fingerprint density at radius 1 is 1.06 bits per heavy atom. The van der Waals surface area contributed by atoms with Gasteiger partial charge in [0.05, 0.1) is 25.4 Å². The molecule has 1 aliphatic heterocycles. The number of hydrogen-bond donors (Lipinski definition) is 3. The molecule has 9 heteroatoms. The number of carbonyl (C=O) groups excluding carboxylic acids is 2. The summed E-state index contributed by atoms with van der Waals surface area (Å²) in [7, 11) is 0. The van der Waals surface area contributed by atoms with Crippen molar-refractivity contribution in [3.63, 3.8) is 0 Å². The predicted molar refractivity (Wildman–Crippen MR) is 132 cm³/mol. The van der Waals surface area contributed by atoms with Crippen LogP contribution in [-0.2, 0) is 37.0 Å². The molecule has 2 aromatic rings. The molecule has 3 N–H and O–H groups in total. The van der Waals surface area contributed by atoms with Crippen LogP contribution in [0.4, 0.5) is 0 Å². The van der Waals surface area contributed by atoms with E-state index < -0.39 is 18.4 Å². The molecule has 0 aliphatic carbocycles. The molecule has 0 bridgehead atoms. The molecule has 2 aromatic carbocycles. The van der Waals surface area contributed by atoms with Gasteiger partial charge in [0.15, 0.2) is 12.4 Å². The number of hydrogen-bond acceptors (Lipinski definition) is 8. The monoisotopic (exact) mass is 503 g/mol. The highest BCUT2D eigenvalue weighted by molar-refractivity contribution is 7.99. The van der Waals surface area contributed by atoms with Gasteiger partial charge in [-0.15, -0.1) is 0 Å². The second-order valence-corrected chi connectivity index (χ2v) is 9.51. The number of amides is 1. The normalized spacial score (nSPS) is 20.7. The highest BCUT2D eigenvalue weighted by Crippen LogP contribution is 2.38. The van der Waals surface area contributed by atoms with Crippen molar-refractivity contribution in [2.24, 2.45) is 0 Å². The number of benzene rings is 2. The molecular formula is C26H33NO7S. The largest absolute Gasteiger partial charge is 0.453 e. The topological polar surface area (TPSA) is 114 Å². The minimum Gasteiger partial charge on any atom is -0.453 e. The molecule has 0 aromatic heterocycles. The zero-order valence-electron chi connectivity index (χ0n) is 20.0. The maximum atomic E-state index is 12.1. The van der Waals surface area contributed by atoms with Crippen LogP contribution in [0.3, 0.4) is 0 Å². The summed E-state index contributed by atoms with van der Waals surface area (Å²) in [5, 5.41) is 21.2. The van der Waals surface area contributed by atoms with Gasteiger partial charge in [-0.3, -0.25) is 9.59 Å². The molecule has 1 saturated heterocycles. The molecule has 4 atom stereocenters. The molecule has 35 heavy (non-hydrogen) atoms. The van der Waals surface area contributed by atoms with E-state index in [0.29, 0.717) is 18.7 Å². The van der Waals surface area contributed by atoms with Gasteiger partial charge in [0.1, 0.15) is 0 Å². The van der Waals surface area contributed by atoms with Crippen molar-refractivity contribution in [1.29, 1.82) is 0 Å². The number of carbonyl (C=O) groups is 2. The van der Waals surface area contributed by atoms with Gasteiger partial charge < -0.3 is 29.7 Å². The maximum absolute atomic E-state index is 12.1. The Morgan fingerprint density at radius 3 is 2.34 bits per heavy atom. The Balaban J connectivity index is 1.66. The van der Waals surface area contributed by atoms with Crippen LogP contribution in [0, 0.1) is 0 Å². The first-order valence-electron chi connectivity index (χ1n) is 11.6. The zero-order chi connectivity index (χ0) is 25.2.